The molecule has 0 spiro atoms. The SMILES string of the molecule is C=CCCC1CCC(c2ccc3c(F)c(-c4ccc5c(F)c(C#CC(F)(F)F)c(F)cc5c4)c(F)cc3c2)CC1. The number of alkyl halides is 3. The number of halogens is 7. The van der Waals surface area contributed by atoms with E-state index in [0.29, 0.717) is 17.2 Å². The van der Waals surface area contributed by atoms with Crippen LogP contribution in [-0.2, 0) is 0 Å². The molecule has 1 fully saturated rings. The van der Waals surface area contributed by atoms with Crippen LogP contribution in [-0.4, -0.2) is 6.18 Å². The lowest BCUT2D eigenvalue weighted by molar-refractivity contribution is -0.0696. The van der Waals surface area contributed by atoms with Gasteiger partial charge in [0.2, 0.25) is 0 Å². The molecular formula is C33H25F7. The number of allylic oxidation sites excluding steroid dienone is 1. The van der Waals surface area contributed by atoms with E-state index < -0.39 is 35.0 Å². The fourth-order valence-electron chi connectivity index (χ4n) is 5.74. The van der Waals surface area contributed by atoms with Crippen molar-refractivity contribution in [3.8, 4) is 23.0 Å². The van der Waals surface area contributed by atoms with Crippen LogP contribution in [0.15, 0.2) is 61.2 Å². The van der Waals surface area contributed by atoms with Crippen molar-refractivity contribution in [2.75, 3.05) is 0 Å². The molecule has 1 aliphatic rings. The van der Waals surface area contributed by atoms with Gasteiger partial charge in [-0.25, -0.2) is 17.6 Å². The Morgan fingerprint density at radius 3 is 2.15 bits per heavy atom. The van der Waals surface area contributed by atoms with E-state index in [1.54, 1.807) is 6.07 Å². The highest BCUT2D eigenvalue weighted by molar-refractivity contribution is 5.93. The summed E-state index contributed by atoms with van der Waals surface area (Å²) in [6, 6.07) is 11.0. The van der Waals surface area contributed by atoms with E-state index in [2.05, 4.69) is 6.58 Å². The Labute approximate surface area is 227 Å². The van der Waals surface area contributed by atoms with E-state index in [9.17, 15) is 22.0 Å². The summed E-state index contributed by atoms with van der Waals surface area (Å²) in [6.45, 7) is 3.79. The highest BCUT2D eigenvalue weighted by Crippen LogP contribution is 2.40. The monoisotopic (exact) mass is 554 g/mol. The highest BCUT2D eigenvalue weighted by atomic mass is 19.4. The van der Waals surface area contributed by atoms with Crippen molar-refractivity contribution < 1.29 is 30.7 Å². The van der Waals surface area contributed by atoms with Crippen molar-refractivity contribution in [2.45, 2.75) is 50.6 Å². The van der Waals surface area contributed by atoms with E-state index >= 15 is 8.78 Å². The molecule has 0 aliphatic heterocycles. The summed E-state index contributed by atoms with van der Waals surface area (Å²) in [7, 11) is 0. The Balaban J connectivity index is 1.48. The van der Waals surface area contributed by atoms with Gasteiger partial charge in [-0.1, -0.05) is 42.3 Å². The van der Waals surface area contributed by atoms with Crippen LogP contribution in [0.2, 0.25) is 0 Å². The maximum atomic E-state index is 15.7. The molecule has 0 amide bonds. The third-order valence-corrected chi connectivity index (χ3v) is 7.80. The first kappa shape index (κ1) is 27.8. The second-order valence-corrected chi connectivity index (χ2v) is 10.3. The van der Waals surface area contributed by atoms with Gasteiger partial charge in [-0.15, -0.1) is 6.58 Å². The van der Waals surface area contributed by atoms with Crippen molar-refractivity contribution in [3.63, 3.8) is 0 Å². The van der Waals surface area contributed by atoms with Crippen LogP contribution in [0.3, 0.4) is 0 Å². The van der Waals surface area contributed by atoms with E-state index in [1.807, 2.05) is 18.2 Å². The molecule has 40 heavy (non-hydrogen) atoms. The number of rotatable bonds is 5. The van der Waals surface area contributed by atoms with Gasteiger partial charge in [-0.2, -0.15) is 13.2 Å². The summed E-state index contributed by atoms with van der Waals surface area (Å²) in [5.74, 6) is -0.872. The van der Waals surface area contributed by atoms with Crippen LogP contribution in [0.4, 0.5) is 30.7 Å². The normalized spacial score (nSPS) is 17.6. The number of hydrogen-bond acceptors (Lipinski definition) is 0. The topological polar surface area (TPSA) is 0 Å². The lowest BCUT2D eigenvalue weighted by Crippen LogP contribution is -2.13. The van der Waals surface area contributed by atoms with E-state index in [1.165, 1.54) is 24.1 Å². The van der Waals surface area contributed by atoms with Gasteiger partial charge in [0, 0.05) is 16.7 Å². The summed E-state index contributed by atoms with van der Waals surface area (Å²) in [4.78, 5) is 0. The average Bonchev–Trinajstić information content (AvgIpc) is 2.91. The molecular weight excluding hydrogens is 529 g/mol. The van der Waals surface area contributed by atoms with Gasteiger partial charge in [0.1, 0.15) is 23.3 Å². The first-order valence-corrected chi connectivity index (χ1v) is 13.1. The first-order chi connectivity index (χ1) is 19.1. The number of fused-ring (bicyclic) bond motifs is 2. The molecule has 0 heterocycles. The van der Waals surface area contributed by atoms with Gasteiger partial charge in [0.05, 0.1) is 11.1 Å². The molecule has 4 aromatic carbocycles. The number of hydrogen-bond donors (Lipinski definition) is 0. The van der Waals surface area contributed by atoms with Crippen LogP contribution in [0, 0.1) is 41.0 Å². The number of benzene rings is 4. The second kappa shape index (κ2) is 11.0. The Morgan fingerprint density at radius 1 is 0.800 bits per heavy atom. The molecule has 0 unspecified atom stereocenters. The van der Waals surface area contributed by atoms with Gasteiger partial charge >= 0.3 is 6.18 Å². The largest absolute Gasteiger partial charge is 0.458 e. The molecule has 4 aromatic rings. The molecule has 0 nitrogen and oxygen atoms in total. The minimum atomic E-state index is -4.92. The molecule has 5 rings (SSSR count). The van der Waals surface area contributed by atoms with E-state index in [4.69, 9.17) is 0 Å². The second-order valence-electron chi connectivity index (χ2n) is 10.3. The average molecular weight is 555 g/mol. The Bertz CT molecular complexity index is 1660. The Kier molecular flexibility index (Phi) is 7.63. The molecule has 1 aliphatic carbocycles. The molecule has 7 heteroatoms. The van der Waals surface area contributed by atoms with Gasteiger partial charge in [0.25, 0.3) is 0 Å². The molecule has 0 aromatic heterocycles. The first-order valence-electron chi connectivity index (χ1n) is 13.1. The fraction of sp³-hybridized carbons (Fsp3) is 0.273. The lowest BCUT2D eigenvalue weighted by Gasteiger charge is -2.29. The van der Waals surface area contributed by atoms with Gasteiger partial charge < -0.3 is 0 Å². The Morgan fingerprint density at radius 2 is 1.45 bits per heavy atom. The smallest absolute Gasteiger partial charge is 0.206 e. The van der Waals surface area contributed by atoms with Crippen molar-refractivity contribution >= 4 is 21.5 Å². The fourth-order valence-corrected chi connectivity index (χ4v) is 5.74. The molecule has 0 radical (unpaired) electrons. The van der Waals surface area contributed by atoms with Crippen molar-refractivity contribution in [1.82, 2.24) is 0 Å². The summed E-state index contributed by atoms with van der Waals surface area (Å²) in [6.07, 6.45) is 3.41. The quantitative estimate of drug-likeness (QED) is 0.131. The standard InChI is InChI=1S/C33H25F7/c1-2-3-4-19-5-7-20(8-6-19)21-9-11-26-23(15-21)18-29(35)30(32(26)37)22-10-12-25-24(16-22)17-28(34)27(31(25)36)13-14-33(38,39)40/h2,9-12,15-20H,1,3-8H2. The molecule has 0 saturated heterocycles. The van der Waals surface area contributed by atoms with Crippen molar-refractivity contribution in [1.29, 1.82) is 0 Å². The zero-order chi connectivity index (χ0) is 28.6. The maximum absolute atomic E-state index is 15.7. The summed E-state index contributed by atoms with van der Waals surface area (Å²) in [5.41, 5.74) is -0.296. The van der Waals surface area contributed by atoms with Crippen LogP contribution < -0.4 is 0 Å². The van der Waals surface area contributed by atoms with Crippen LogP contribution in [0.25, 0.3) is 32.7 Å². The molecule has 206 valence electrons. The van der Waals surface area contributed by atoms with Crippen LogP contribution >= 0.6 is 0 Å². The Hall–Kier alpha value is -3.79. The van der Waals surface area contributed by atoms with Gasteiger partial charge in [0.15, 0.2) is 0 Å². The summed E-state index contributed by atoms with van der Waals surface area (Å²) >= 11 is 0. The van der Waals surface area contributed by atoms with E-state index in [0.717, 1.165) is 62.1 Å². The maximum Gasteiger partial charge on any atom is 0.458 e. The zero-order valence-corrected chi connectivity index (χ0v) is 21.4. The lowest BCUT2D eigenvalue weighted by atomic mass is 9.77. The third kappa shape index (κ3) is 5.58. The minimum absolute atomic E-state index is 0.0410. The van der Waals surface area contributed by atoms with Crippen molar-refractivity contribution in [2.24, 2.45) is 5.92 Å². The van der Waals surface area contributed by atoms with Gasteiger partial charge in [-0.3, -0.25) is 0 Å². The molecule has 0 bridgehead atoms. The van der Waals surface area contributed by atoms with Gasteiger partial charge in [-0.05, 0) is 90.5 Å². The van der Waals surface area contributed by atoms with Crippen LogP contribution in [0.1, 0.15) is 55.6 Å². The zero-order valence-electron chi connectivity index (χ0n) is 21.4. The third-order valence-electron chi connectivity index (χ3n) is 7.80. The van der Waals surface area contributed by atoms with Crippen LogP contribution in [0.5, 0.6) is 0 Å². The predicted molar refractivity (Wildman–Crippen MR) is 144 cm³/mol. The highest BCUT2D eigenvalue weighted by Gasteiger charge is 2.25. The summed E-state index contributed by atoms with van der Waals surface area (Å²) in [5, 5.41) is 0.357. The van der Waals surface area contributed by atoms with E-state index in [-0.39, 0.29) is 27.3 Å². The molecule has 1 saturated carbocycles. The molecule has 0 atom stereocenters. The molecule has 0 N–H and O–H groups in total. The summed E-state index contributed by atoms with van der Waals surface area (Å²) < 4.78 is 97.5. The minimum Gasteiger partial charge on any atom is -0.206 e. The van der Waals surface area contributed by atoms with Crippen molar-refractivity contribution in [3.05, 3.63) is 95.6 Å². The predicted octanol–water partition coefficient (Wildman–Crippen LogP) is 10.4.